The molecule has 0 radical (unpaired) electrons. The van der Waals surface area contributed by atoms with Gasteiger partial charge in [0.2, 0.25) is 0 Å². The number of hydrogen-bond acceptors (Lipinski definition) is 2. The molecule has 5 nitrogen and oxygen atoms in total. The third kappa shape index (κ3) is 3.50. The number of carbonyl (C=O) groups is 2. The van der Waals surface area contributed by atoms with Crippen molar-refractivity contribution < 1.29 is 14.7 Å². The standard InChI is InChI=1S/C14H17BrN2O3/c1-8-3-2-4-11(8)16-14(20)17-12-6-5-9(15)7-10(12)13(18)19/h5-8,11H,2-4H2,1H3,(H,18,19)(H2,16,17,20). The minimum atomic E-state index is -1.07. The number of nitrogens with one attached hydrogen (secondary N) is 2. The quantitative estimate of drug-likeness (QED) is 0.788. The minimum absolute atomic E-state index is 0.0639. The second-order valence-electron chi connectivity index (χ2n) is 5.11. The van der Waals surface area contributed by atoms with Crippen LogP contribution in [0.15, 0.2) is 22.7 Å². The minimum Gasteiger partial charge on any atom is -0.478 e. The highest BCUT2D eigenvalue weighted by molar-refractivity contribution is 9.10. The van der Waals surface area contributed by atoms with Crippen LogP contribution >= 0.6 is 15.9 Å². The highest BCUT2D eigenvalue weighted by Crippen LogP contribution is 2.25. The van der Waals surface area contributed by atoms with Crippen molar-refractivity contribution in [3.8, 4) is 0 Å². The molecule has 20 heavy (non-hydrogen) atoms. The molecule has 2 amide bonds. The summed E-state index contributed by atoms with van der Waals surface area (Å²) in [7, 11) is 0. The summed E-state index contributed by atoms with van der Waals surface area (Å²) >= 11 is 3.22. The van der Waals surface area contributed by atoms with E-state index < -0.39 is 5.97 Å². The van der Waals surface area contributed by atoms with E-state index in [0.29, 0.717) is 16.1 Å². The lowest BCUT2D eigenvalue weighted by atomic mass is 10.1. The molecule has 108 valence electrons. The summed E-state index contributed by atoms with van der Waals surface area (Å²) in [5, 5.41) is 14.7. The van der Waals surface area contributed by atoms with Gasteiger partial charge >= 0.3 is 12.0 Å². The average Bonchev–Trinajstić information content (AvgIpc) is 2.77. The molecule has 1 fully saturated rings. The molecule has 0 aliphatic heterocycles. The second kappa shape index (κ2) is 6.26. The van der Waals surface area contributed by atoms with Crippen LogP contribution in [0.1, 0.15) is 36.5 Å². The molecule has 1 aromatic rings. The fourth-order valence-electron chi connectivity index (χ4n) is 2.49. The Hall–Kier alpha value is -1.56. The van der Waals surface area contributed by atoms with E-state index >= 15 is 0 Å². The van der Waals surface area contributed by atoms with E-state index in [4.69, 9.17) is 5.11 Å². The number of carboxylic acids is 1. The highest BCUT2D eigenvalue weighted by atomic mass is 79.9. The molecule has 2 atom stereocenters. The first-order chi connectivity index (χ1) is 9.47. The number of anilines is 1. The summed E-state index contributed by atoms with van der Waals surface area (Å²) < 4.78 is 0.658. The van der Waals surface area contributed by atoms with Crippen molar-refractivity contribution in [2.45, 2.75) is 32.2 Å². The number of aromatic carboxylic acids is 1. The Balaban J connectivity index is 2.06. The van der Waals surface area contributed by atoms with Crippen molar-refractivity contribution in [2.24, 2.45) is 5.92 Å². The van der Waals surface area contributed by atoms with E-state index in [1.54, 1.807) is 12.1 Å². The lowest BCUT2D eigenvalue weighted by Gasteiger charge is -2.18. The molecule has 2 unspecified atom stereocenters. The predicted octanol–water partition coefficient (Wildman–Crippen LogP) is 3.46. The van der Waals surface area contributed by atoms with Crippen molar-refractivity contribution in [1.29, 1.82) is 0 Å². The molecule has 0 bridgehead atoms. The summed E-state index contributed by atoms with van der Waals surface area (Å²) in [6.07, 6.45) is 3.20. The SMILES string of the molecule is CC1CCCC1NC(=O)Nc1ccc(Br)cc1C(=O)O. The van der Waals surface area contributed by atoms with E-state index in [1.807, 2.05) is 0 Å². The maximum absolute atomic E-state index is 11.9. The van der Waals surface area contributed by atoms with Crippen LogP contribution in [0.3, 0.4) is 0 Å². The lowest BCUT2D eigenvalue weighted by molar-refractivity contribution is 0.0698. The Kier molecular flexibility index (Phi) is 4.65. The van der Waals surface area contributed by atoms with E-state index in [1.165, 1.54) is 6.07 Å². The van der Waals surface area contributed by atoms with Crippen molar-refractivity contribution in [3.05, 3.63) is 28.2 Å². The van der Waals surface area contributed by atoms with E-state index in [9.17, 15) is 9.59 Å². The maximum atomic E-state index is 11.9. The van der Waals surface area contributed by atoms with Gasteiger partial charge in [-0.3, -0.25) is 0 Å². The number of hydrogen-bond donors (Lipinski definition) is 3. The van der Waals surface area contributed by atoms with Crippen LogP contribution in [-0.4, -0.2) is 23.1 Å². The van der Waals surface area contributed by atoms with Gasteiger partial charge in [-0.25, -0.2) is 9.59 Å². The molecule has 0 saturated heterocycles. The van der Waals surface area contributed by atoms with Crippen LogP contribution in [0.4, 0.5) is 10.5 Å². The summed E-state index contributed by atoms with van der Waals surface area (Å²) in [4.78, 5) is 23.1. The third-order valence-corrected chi connectivity index (χ3v) is 4.13. The van der Waals surface area contributed by atoms with Gasteiger partial charge in [0.25, 0.3) is 0 Å². The van der Waals surface area contributed by atoms with Crippen LogP contribution in [0.5, 0.6) is 0 Å². The van der Waals surface area contributed by atoms with Gasteiger partial charge in [0.15, 0.2) is 0 Å². The molecule has 0 aromatic heterocycles. The van der Waals surface area contributed by atoms with E-state index in [2.05, 4.69) is 33.5 Å². The van der Waals surface area contributed by atoms with Crippen LogP contribution in [0.25, 0.3) is 0 Å². The molecule has 1 aliphatic carbocycles. The Bertz CT molecular complexity index is 533. The number of urea groups is 1. The molecule has 1 aliphatic rings. The van der Waals surface area contributed by atoms with Gasteiger partial charge in [0.1, 0.15) is 0 Å². The van der Waals surface area contributed by atoms with Crippen LogP contribution in [0.2, 0.25) is 0 Å². The average molecular weight is 341 g/mol. The van der Waals surface area contributed by atoms with Gasteiger partial charge in [-0.2, -0.15) is 0 Å². The topological polar surface area (TPSA) is 78.4 Å². The molecule has 3 N–H and O–H groups in total. The van der Waals surface area contributed by atoms with Crippen LogP contribution in [-0.2, 0) is 0 Å². The maximum Gasteiger partial charge on any atom is 0.337 e. The first-order valence-electron chi connectivity index (χ1n) is 6.57. The summed E-state index contributed by atoms with van der Waals surface area (Å²) in [5.41, 5.74) is 0.359. The number of benzene rings is 1. The number of rotatable bonds is 3. The number of carbonyl (C=O) groups excluding carboxylic acids is 1. The van der Waals surface area contributed by atoms with Crippen molar-refractivity contribution in [2.75, 3.05) is 5.32 Å². The van der Waals surface area contributed by atoms with Crippen molar-refractivity contribution in [3.63, 3.8) is 0 Å². The zero-order valence-electron chi connectivity index (χ0n) is 11.1. The summed E-state index contributed by atoms with van der Waals surface area (Å²) in [5.74, 6) is -0.611. The molecular weight excluding hydrogens is 324 g/mol. The van der Waals surface area contributed by atoms with Gasteiger partial charge in [-0.15, -0.1) is 0 Å². The molecule has 0 spiro atoms. The van der Waals surface area contributed by atoms with Gasteiger partial charge < -0.3 is 15.7 Å². The van der Waals surface area contributed by atoms with Crippen LogP contribution < -0.4 is 10.6 Å². The number of carboxylic acid groups (broad SMARTS) is 1. The van der Waals surface area contributed by atoms with Gasteiger partial charge in [-0.1, -0.05) is 29.3 Å². The van der Waals surface area contributed by atoms with Crippen molar-refractivity contribution in [1.82, 2.24) is 5.32 Å². The van der Waals surface area contributed by atoms with E-state index in [0.717, 1.165) is 19.3 Å². The highest BCUT2D eigenvalue weighted by Gasteiger charge is 2.25. The largest absolute Gasteiger partial charge is 0.478 e. The molecular formula is C14H17BrN2O3. The zero-order chi connectivity index (χ0) is 14.7. The number of amides is 2. The normalized spacial score (nSPS) is 21.5. The first kappa shape index (κ1) is 14.8. The fraction of sp³-hybridized carbons (Fsp3) is 0.429. The molecule has 0 heterocycles. The Morgan fingerprint density at radius 3 is 2.70 bits per heavy atom. The lowest BCUT2D eigenvalue weighted by Crippen LogP contribution is -2.39. The first-order valence-corrected chi connectivity index (χ1v) is 7.37. The third-order valence-electron chi connectivity index (χ3n) is 3.64. The second-order valence-corrected chi connectivity index (χ2v) is 6.02. The van der Waals surface area contributed by atoms with Gasteiger partial charge in [0, 0.05) is 10.5 Å². The molecule has 6 heteroatoms. The Morgan fingerprint density at radius 2 is 2.10 bits per heavy atom. The van der Waals surface area contributed by atoms with Gasteiger partial charge in [0.05, 0.1) is 11.3 Å². The smallest absolute Gasteiger partial charge is 0.337 e. The predicted molar refractivity (Wildman–Crippen MR) is 80.1 cm³/mol. The molecule has 1 aromatic carbocycles. The zero-order valence-corrected chi connectivity index (χ0v) is 12.7. The van der Waals surface area contributed by atoms with Crippen molar-refractivity contribution >= 4 is 33.6 Å². The summed E-state index contributed by atoms with van der Waals surface area (Å²) in [6.45, 7) is 2.11. The molecule has 1 saturated carbocycles. The number of halogens is 1. The Morgan fingerprint density at radius 1 is 1.35 bits per heavy atom. The van der Waals surface area contributed by atoms with E-state index in [-0.39, 0.29) is 17.6 Å². The Labute approximate surface area is 125 Å². The van der Waals surface area contributed by atoms with Crippen LogP contribution in [0, 0.1) is 5.92 Å². The molecule has 2 rings (SSSR count). The summed E-state index contributed by atoms with van der Waals surface area (Å²) in [6, 6.07) is 4.55. The van der Waals surface area contributed by atoms with Gasteiger partial charge in [-0.05, 0) is 37.0 Å². The monoisotopic (exact) mass is 340 g/mol. The fourth-order valence-corrected chi connectivity index (χ4v) is 2.85.